The first-order valence-corrected chi connectivity index (χ1v) is 14.7. The molecule has 0 aromatic carbocycles. The van der Waals surface area contributed by atoms with Crippen molar-refractivity contribution >= 4 is 5.97 Å². The van der Waals surface area contributed by atoms with Gasteiger partial charge in [-0.25, -0.2) is 0 Å². The van der Waals surface area contributed by atoms with Crippen LogP contribution < -0.4 is 0 Å². The van der Waals surface area contributed by atoms with E-state index in [-0.39, 0.29) is 11.9 Å². The highest BCUT2D eigenvalue weighted by molar-refractivity contribution is 5.72. The van der Waals surface area contributed by atoms with Gasteiger partial charge in [0.2, 0.25) is 0 Å². The molecule has 4 fully saturated rings. The average molecular weight is 459 g/mol. The van der Waals surface area contributed by atoms with Gasteiger partial charge in [-0.15, -0.1) is 0 Å². The Morgan fingerprint density at radius 1 is 0.909 bits per heavy atom. The first-order chi connectivity index (χ1) is 15.7. The molecule has 10 unspecified atom stereocenters. The zero-order chi connectivity index (χ0) is 24.0. The van der Waals surface area contributed by atoms with Crippen LogP contribution in [0.1, 0.15) is 119 Å². The highest BCUT2D eigenvalue weighted by atomic mass is 16.5. The lowest BCUT2D eigenvalue weighted by Gasteiger charge is -2.61. The number of carbonyl (C=O) groups is 1. The smallest absolute Gasteiger partial charge is 0.308 e. The van der Waals surface area contributed by atoms with Crippen LogP contribution in [0.5, 0.6) is 0 Å². The molecule has 0 spiro atoms. The van der Waals surface area contributed by atoms with Crippen molar-refractivity contribution in [2.24, 2.45) is 64.1 Å². The first-order valence-electron chi connectivity index (χ1n) is 14.7. The van der Waals surface area contributed by atoms with E-state index in [1.165, 1.54) is 64.2 Å². The Morgan fingerprint density at radius 3 is 2.27 bits per heavy atom. The van der Waals surface area contributed by atoms with Crippen LogP contribution in [0.3, 0.4) is 0 Å². The number of hydrogen-bond acceptors (Lipinski definition) is 2. The standard InChI is InChI=1S/C31H54O2/c1-8-22(20(2)3)10-9-21(4)26-13-14-27-25-12-11-24-19-23(29(32)33-7)15-17-30(24,5)28(25)16-18-31(26,27)6/h20-28H,8-19H2,1-7H3. The lowest BCUT2D eigenvalue weighted by atomic mass is 9.44. The van der Waals surface area contributed by atoms with E-state index in [0.29, 0.717) is 10.8 Å². The van der Waals surface area contributed by atoms with E-state index in [4.69, 9.17) is 4.74 Å². The van der Waals surface area contributed by atoms with Gasteiger partial charge in [-0.3, -0.25) is 4.79 Å². The molecule has 0 bridgehead atoms. The summed E-state index contributed by atoms with van der Waals surface area (Å²) in [6.45, 7) is 15.2. The Morgan fingerprint density at radius 2 is 1.61 bits per heavy atom. The molecule has 0 heterocycles. The van der Waals surface area contributed by atoms with Crippen molar-refractivity contribution in [3.63, 3.8) is 0 Å². The molecule has 190 valence electrons. The normalized spacial score (nSPS) is 44.5. The molecule has 4 rings (SSSR count). The summed E-state index contributed by atoms with van der Waals surface area (Å²) in [7, 11) is 1.57. The lowest BCUT2D eigenvalue weighted by molar-refractivity contribution is -0.155. The molecule has 0 aromatic heterocycles. The summed E-state index contributed by atoms with van der Waals surface area (Å²) in [6.07, 6.45) is 16.2. The van der Waals surface area contributed by atoms with E-state index in [9.17, 15) is 4.79 Å². The Balaban J connectivity index is 1.43. The molecule has 10 atom stereocenters. The molecule has 33 heavy (non-hydrogen) atoms. The van der Waals surface area contributed by atoms with Crippen LogP contribution in [0.2, 0.25) is 0 Å². The quantitative estimate of drug-likeness (QED) is 0.357. The van der Waals surface area contributed by atoms with Crippen LogP contribution in [0, 0.1) is 64.1 Å². The van der Waals surface area contributed by atoms with Gasteiger partial charge in [0.25, 0.3) is 0 Å². The van der Waals surface area contributed by atoms with E-state index < -0.39 is 0 Å². The number of fused-ring (bicyclic) bond motifs is 5. The summed E-state index contributed by atoms with van der Waals surface area (Å²) in [5.41, 5.74) is 1.04. The lowest BCUT2D eigenvalue weighted by Crippen LogP contribution is -2.54. The zero-order valence-electron chi connectivity index (χ0n) is 23.0. The molecule has 4 saturated carbocycles. The molecular weight excluding hydrogens is 404 g/mol. The van der Waals surface area contributed by atoms with Crippen LogP contribution in [0.25, 0.3) is 0 Å². The average Bonchev–Trinajstić information content (AvgIpc) is 3.15. The minimum absolute atomic E-state index is 0.0470. The second-order valence-corrected chi connectivity index (χ2v) is 13.8. The van der Waals surface area contributed by atoms with Gasteiger partial charge < -0.3 is 4.74 Å². The predicted molar refractivity (Wildman–Crippen MR) is 138 cm³/mol. The van der Waals surface area contributed by atoms with Crippen molar-refractivity contribution in [2.75, 3.05) is 7.11 Å². The fraction of sp³-hybridized carbons (Fsp3) is 0.968. The van der Waals surface area contributed by atoms with E-state index >= 15 is 0 Å². The fourth-order valence-corrected chi connectivity index (χ4v) is 10.3. The summed E-state index contributed by atoms with van der Waals surface area (Å²) >= 11 is 0. The number of methoxy groups -OCH3 is 1. The van der Waals surface area contributed by atoms with Gasteiger partial charge >= 0.3 is 5.97 Å². The van der Waals surface area contributed by atoms with Gasteiger partial charge in [-0.1, -0.05) is 54.4 Å². The second kappa shape index (κ2) is 9.85. The van der Waals surface area contributed by atoms with E-state index in [0.717, 1.165) is 60.2 Å². The van der Waals surface area contributed by atoms with Crippen LogP contribution in [-0.2, 0) is 9.53 Å². The number of ether oxygens (including phenoxy) is 1. The molecule has 0 saturated heterocycles. The number of carbonyl (C=O) groups excluding carboxylic acids is 1. The third-order valence-electron chi connectivity index (χ3n) is 12.4. The Labute approximate surface area is 205 Å². The third-order valence-corrected chi connectivity index (χ3v) is 12.4. The molecule has 2 nitrogen and oxygen atoms in total. The topological polar surface area (TPSA) is 26.3 Å². The van der Waals surface area contributed by atoms with E-state index in [1.807, 2.05) is 0 Å². The van der Waals surface area contributed by atoms with E-state index in [1.54, 1.807) is 7.11 Å². The van der Waals surface area contributed by atoms with Crippen molar-refractivity contribution in [2.45, 2.75) is 119 Å². The zero-order valence-corrected chi connectivity index (χ0v) is 23.0. The maximum atomic E-state index is 12.2. The summed E-state index contributed by atoms with van der Waals surface area (Å²) in [4.78, 5) is 12.2. The highest BCUT2D eigenvalue weighted by Crippen LogP contribution is 2.68. The summed E-state index contributed by atoms with van der Waals surface area (Å²) < 4.78 is 5.13. The largest absolute Gasteiger partial charge is 0.469 e. The Hall–Kier alpha value is -0.530. The van der Waals surface area contributed by atoms with Gasteiger partial charge in [0.1, 0.15) is 0 Å². The second-order valence-electron chi connectivity index (χ2n) is 13.8. The molecule has 0 amide bonds. The van der Waals surface area contributed by atoms with Crippen molar-refractivity contribution in [1.82, 2.24) is 0 Å². The minimum atomic E-state index is 0.0470. The third kappa shape index (κ3) is 4.44. The molecule has 0 N–H and O–H groups in total. The molecule has 0 aromatic rings. The van der Waals surface area contributed by atoms with Crippen LogP contribution in [-0.4, -0.2) is 13.1 Å². The van der Waals surface area contributed by atoms with Crippen molar-refractivity contribution in [1.29, 1.82) is 0 Å². The highest BCUT2D eigenvalue weighted by Gasteiger charge is 2.60. The van der Waals surface area contributed by atoms with Crippen LogP contribution in [0.4, 0.5) is 0 Å². The summed E-state index contributed by atoms with van der Waals surface area (Å²) in [5.74, 6) is 7.28. The van der Waals surface area contributed by atoms with Gasteiger partial charge in [0, 0.05) is 0 Å². The Bertz CT molecular complexity index is 684. The molecule has 4 aliphatic carbocycles. The van der Waals surface area contributed by atoms with Gasteiger partial charge in [-0.05, 0) is 122 Å². The molecule has 0 aliphatic heterocycles. The number of rotatable bonds is 7. The monoisotopic (exact) mass is 458 g/mol. The molecule has 0 radical (unpaired) electrons. The SMILES string of the molecule is CCC(CCC(C)C1CCC2C3CCC4CC(C(=O)OC)CCC4(C)C3CCC12C)C(C)C. The summed E-state index contributed by atoms with van der Waals surface area (Å²) in [6, 6.07) is 0. The van der Waals surface area contributed by atoms with Crippen molar-refractivity contribution < 1.29 is 9.53 Å². The van der Waals surface area contributed by atoms with Crippen LogP contribution >= 0.6 is 0 Å². The summed E-state index contributed by atoms with van der Waals surface area (Å²) in [5, 5.41) is 0. The fourth-order valence-electron chi connectivity index (χ4n) is 10.3. The first kappa shape index (κ1) is 25.6. The maximum absolute atomic E-state index is 12.2. The Kier molecular flexibility index (Phi) is 7.63. The van der Waals surface area contributed by atoms with Crippen molar-refractivity contribution in [3.8, 4) is 0 Å². The molecular formula is C31H54O2. The minimum Gasteiger partial charge on any atom is -0.469 e. The maximum Gasteiger partial charge on any atom is 0.308 e. The van der Waals surface area contributed by atoms with Crippen molar-refractivity contribution in [3.05, 3.63) is 0 Å². The molecule has 2 heteroatoms. The number of hydrogen-bond donors (Lipinski definition) is 0. The van der Waals surface area contributed by atoms with Gasteiger partial charge in [0.05, 0.1) is 13.0 Å². The molecule has 4 aliphatic rings. The van der Waals surface area contributed by atoms with Gasteiger partial charge in [0.15, 0.2) is 0 Å². The predicted octanol–water partition coefficient (Wildman–Crippen LogP) is 8.53. The van der Waals surface area contributed by atoms with Crippen LogP contribution in [0.15, 0.2) is 0 Å². The number of esters is 1. The van der Waals surface area contributed by atoms with E-state index in [2.05, 4.69) is 41.5 Å². The van der Waals surface area contributed by atoms with Gasteiger partial charge in [-0.2, -0.15) is 0 Å².